The molecule has 0 spiro atoms. The molecule has 1 N–H and O–H groups in total. The van der Waals surface area contributed by atoms with Crippen molar-refractivity contribution in [1.29, 1.82) is 0 Å². The van der Waals surface area contributed by atoms with Crippen molar-refractivity contribution in [1.82, 2.24) is 0 Å². The molecule has 0 atom stereocenters. The van der Waals surface area contributed by atoms with E-state index in [1.165, 1.54) is 24.3 Å². The van der Waals surface area contributed by atoms with E-state index in [-0.39, 0.29) is 16.5 Å². The molecule has 0 saturated carbocycles. The van der Waals surface area contributed by atoms with Crippen molar-refractivity contribution in [2.24, 2.45) is 0 Å². The maximum absolute atomic E-state index is 12.8. The summed E-state index contributed by atoms with van der Waals surface area (Å²) in [6, 6.07) is 17.3. The molecule has 0 bridgehead atoms. The van der Waals surface area contributed by atoms with E-state index >= 15 is 0 Å². The van der Waals surface area contributed by atoms with Crippen LogP contribution in [0.2, 0.25) is 0 Å². The van der Waals surface area contributed by atoms with Crippen LogP contribution in [0.3, 0.4) is 0 Å². The second-order valence-corrected chi connectivity index (χ2v) is 7.39. The van der Waals surface area contributed by atoms with Gasteiger partial charge in [0.05, 0.1) is 4.90 Å². The zero-order valence-electron chi connectivity index (χ0n) is 13.3. The summed E-state index contributed by atoms with van der Waals surface area (Å²) in [4.78, 5) is 25.2. The van der Waals surface area contributed by atoms with E-state index in [1.54, 1.807) is 42.5 Å². The summed E-state index contributed by atoms with van der Waals surface area (Å²) in [5.41, 5.74) is 2.79. The maximum Gasteiger partial charge on any atom is 0.294 e. The summed E-state index contributed by atoms with van der Waals surface area (Å²) in [5.74, 6) is -0.407. The fourth-order valence-electron chi connectivity index (χ4n) is 3.10. The highest BCUT2D eigenvalue weighted by Gasteiger charge is 2.29. The van der Waals surface area contributed by atoms with Gasteiger partial charge in [0.1, 0.15) is 0 Å². The summed E-state index contributed by atoms with van der Waals surface area (Å²) in [5, 5.41) is 0. The van der Waals surface area contributed by atoms with Crippen LogP contribution in [0.25, 0.3) is 11.1 Å². The minimum atomic E-state index is -4.26. The van der Waals surface area contributed by atoms with Gasteiger partial charge >= 0.3 is 0 Å². The molecule has 6 heteroatoms. The molecule has 26 heavy (non-hydrogen) atoms. The van der Waals surface area contributed by atoms with E-state index < -0.39 is 10.1 Å². The summed E-state index contributed by atoms with van der Waals surface area (Å²) in [6.45, 7) is 0. The highest BCUT2D eigenvalue weighted by molar-refractivity contribution is 7.85. The lowest BCUT2D eigenvalue weighted by atomic mass is 9.83. The SMILES string of the molecule is O=C1c2ccccc2C(=O)c2cc(-c3ccc(S(=O)(=O)O)cc3)ccc21. The van der Waals surface area contributed by atoms with Crippen molar-refractivity contribution in [2.45, 2.75) is 4.90 Å². The van der Waals surface area contributed by atoms with Gasteiger partial charge < -0.3 is 0 Å². The van der Waals surface area contributed by atoms with Crippen molar-refractivity contribution < 1.29 is 22.6 Å². The number of ketones is 2. The Morgan fingerprint density at radius 1 is 0.615 bits per heavy atom. The van der Waals surface area contributed by atoms with Crippen molar-refractivity contribution in [3.63, 3.8) is 0 Å². The van der Waals surface area contributed by atoms with Crippen molar-refractivity contribution in [2.75, 3.05) is 0 Å². The molecule has 0 aliphatic heterocycles. The quantitative estimate of drug-likeness (QED) is 0.551. The molecule has 3 aromatic carbocycles. The Bertz CT molecular complexity index is 1180. The van der Waals surface area contributed by atoms with Crippen molar-refractivity contribution in [3.8, 4) is 11.1 Å². The molecule has 0 aromatic heterocycles. The minimum Gasteiger partial charge on any atom is -0.289 e. The summed E-state index contributed by atoms with van der Waals surface area (Å²) >= 11 is 0. The lowest BCUT2D eigenvalue weighted by molar-refractivity contribution is 0.0979. The fraction of sp³-hybridized carbons (Fsp3) is 0. The van der Waals surface area contributed by atoms with Gasteiger partial charge in [-0.3, -0.25) is 14.1 Å². The third-order valence-corrected chi connectivity index (χ3v) is 5.28. The molecule has 1 aliphatic rings. The first kappa shape index (κ1) is 16.4. The van der Waals surface area contributed by atoms with Crippen LogP contribution in [0.1, 0.15) is 31.8 Å². The van der Waals surface area contributed by atoms with E-state index in [2.05, 4.69) is 0 Å². The normalized spacial score (nSPS) is 13.3. The highest BCUT2D eigenvalue weighted by Crippen LogP contribution is 2.31. The Morgan fingerprint density at radius 2 is 1.12 bits per heavy atom. The van der Waals surface area contributed by atoms with Gasteiger partial charge in [0.25, 0.3) is 10.1 Å². The van der Waals surface area contributed by atoms with Crippen LogP contribution in [0.5, 0.6) is 0 Å². The minimum absolute atomic E-state index is 0.191. The number of hydrogen-bond acceptors (Lipinski definition) is 4. The van der Waals surface area contributed by atoms with Gasteiger partial charge in [-0.1, -0.05) is 42.5 Å². The number of carbonyl (C=O) groups is 2. The number of rotatable bonds is 2. The summed E-state index contributed by atoms with van der Waals surface area (Å²) in [6.07, 6.45) is 0. The monoisotopic (exact) mass is 364 g/mol. The van der Waals surface area contributed by atoms with E-state index in [9.17, 15) is 18.0 Å². The molecule has 128 valence electrons. The van der Waals surface area contributed by atoms with E-state index in [0.29, 0.717) is 33.4 Å². The van der Waals surface area contributed by atoms with E-state index in [4.69, 9.17) is 4.55 Å². The summed E-state index contributed by atoms with van der Waals surface area (Å²) < 4.78 is 31.3. The topological polar surface area (TPSA) is 88.5 Å². The average Bonchev–Trinajstić information content (AvgIpc) is 2.65. The Kier molecular flexibility index (Phi) is 3.61. The Balaban J connectivity index is 1.81. The van der Waals surface area contributed by atoms with Crippen LogP contribution in [-0.4, -0.2) is 24.5 Å². The van der Waals surface area contributed by atoms with E-state index in [1.807, 2.05) is 0 Å². The standard InChI is InChI=1S/C20H12O5S/c21-19-15-3-1-2-4-16(15)20(22)18-11-13(7-10-17(18)19)12-5-8-14(9-6-12)26(23,24)25/h1-11H,(H,23,24,25). The molecule has 0 unspecified atom stereocenters. The van der Waals surface area contributed by atoms with Crippen LogP contribution in [0.15, 0.2) is 71.6 Å². The Labute approximate surface area is 149 Å². The van der Waals surface area contributed by atoms with Gasteiger partial charge in [-0.15, -0.1) is 0 Å². The fourth-order valence-corrected chi connectivity index (χ4v) is 3.58. The largest absolute Gasteiger partial charge is 0.294 e. The summed E-state index contributed by atoms with van der Waals surface area (Å²) in [7, 11) is -4.26. The molecule has 0 fully saturated rings. The van der Waals surface area contributed by atoms with Crippen molar-refractivity contribution >= 4 is 21.7 Å². The third kappa shape index (κ3) is 2.56. The molecule has 1 aliphatic carbocycles. The third-order valence-electron chi connectivity index (χ3n) is 4.41. The van der Waals surface area contributed by atoms with Gasteiger partial charge in [-0.05, 0) is 35.4 Å². The van der Waals surface area contributed by atoms with Gasteiger partial charge in [0, 0.05) is 22.3 Å². The predicted molar refractivity (Wildman–Crippen MR) is 95.0 cm³/mol. The number of benzene rings is 3. The molecule has 3 aromatic rings. The molecular formula is C20H12O5S. The van der Waals surface area contributed by atoms with Crippen LogP contribution in [0.4, 0.5) is 0 Å². The van der Waals surface area contributed by atoms with Gasteiger partial charge in [-0.25, -0.2) is 0 Å². The first-order valence-corrected chi connectivity index (χ1v) is 9.21. The van der Waals surface area contributed by atoms with E-state index in [0.717, 1.165) is 0 Å². The smallest absolute Gasteiger partial charge is 0.289 e. The van der Waals surface area contributed by atoms with Gasteiger partial charge in [0.2, 0.25) is 0 Å². The molecule has 0 saturated heterocycles. The second kappa shape index (κ2) is 5.72. The molecule has 5 nitrogen and oxygen atoms in total. The molecule has 0 amide bonds. The predicted octanol–water partition coefficient (Wildman–Crippen LogP) is 3.38. The molecule has 0 radical (unpaired) electrons. The van der Waals surface area contributed by atoms with Crippen LogP contribution >= 0.6 is 0 Å². The second-order valence-electron chi connectivity index (χ2n) is 5.96. The average molecular weight is 364 g/mol. The van der Waals surface area contributed by atoms with Gasteiger partial charge in [-0.2, -0.15) is 8.42 Å². The highest BCUT2D eigenvalue weighted by atomic mass is 32.2. The van der Waals surface area contributed by atoms with Crippen LogP contribution < -0.4 is 0 Å². The Hall–Kier alpha value is -3.09. The van der Waals surface area contributed by atoms with Crippen molar-refractivity contribution in [3.05, 3.63) is 89.0 Å². The number of carbonyl (C=O) groups excluding carboxylic acids is 2. The van der Waals surface area contributed by atoms with Crippen LogP contribution in [-0.2, 0) is 10.1 Å². The zero-order chi connectivity index (χ0) is 18.5. The molecule has 0 heterocycles. The zero-order valence-corrected chi connectivity index (χ0v) is 14.2. The van der Waals surface area contributed by atoms with Crippen LogP contribution in [0, 0.1) is 0 Å². The first-order chi connectivity index (χ1) is 12.4. The van der Waals surface area contributed by atoms with Gasteiger partial charge in [0.15, 0.2) is 11.6 Å². The lowest BCUT2D eigenvalue weighted by Crippen LogP contribution is -2.20. The molecular weight excluding hydrogens is 352 g/mol. The number of fused-ring (bicyclic) bond motifs is 2. The molecule has 4 rings (SSSR count). The Morgan fingerprint density at radius 3 is 1.69 bits per heavy atom. The first-order valence-electron chi connectivity index (χ1n) is 7.77. The maximum atomic E-state index is 12.8. The lowest BCUT2D eigenvalue weighted by Gasteiger charge is -2.18. The number of hydrogen-bond donors (Lipinski definition) is 1.